The number of hydrogen-bond donors (Lipinski definition) is 0. The third-order valence-corrected chi connectivity index (χ3v) is 8.33. The smallest absolute Gasteiger partial charge is 0.497 e. The van der Waals surface area contributed by atoms with E-state index in [1.54, 1.807) is 60.8 Å². The van der Waals surface area contributed by atoms with Gasteiger partial charge in [0.1, 0.15) is 17.0 Å². The van der Waals surface area contributed by atoms with Crippen LogP contribution in [-0.2, 0) is 35.4 Å². The minimum Gasteiger partial charge on any atom is -0.497 e. The lowest BCUT2D eigenvalue weighted by Gasteiger charge is -2.30. The fraction of sp³-hybridized carbons (Fsp3) is 0.516. The summed E-state index contributed by atoms with van der Waals surface area (Å²) < 4.78 is 53.9. The van der Waals surface area contributed by atoms with Gasteiger partial charge in [-0.15, -0.1) is 0 Å². The zero-order chi connectivity index (χ0) is 33.0. The predicted octanol–water partition coefficient (Wildman–Crippen LogP) is 4.65. The van der Waals surface area contributed by atoms with Crippen LogP contribution in [0.4, 0.5) is 9.59 Å². The van der Waals surface area contributed by atoms with Gasteiger partial charge in [0.15, 0.2) is 12.2 Å². The van der Waals surface area contributed by atoms with Crippen LogP contribution < -0.4 is 4.74 Å². The van der Waals surface area contributed by atoms with E-state index in [4.69, 9.17) is 23.7 Å². The standard InChI is InChI=1S/C31H42N2O10S/c1-30(2,3)42-28(35)33-19-25(40-29(36)43-31(4,5)6)26(24(33)18-20-10-14-22(39-9)15-11-20)41-27(34)21-12-16-23(17-13-21)44(37,38)32(7)8/h10-17,24-26H,18-19H2,1-9H3/t24-,25+,26+/m1/s1. The SMILES string of the molecule is COc1ccc(C[C@@H]2[C@H](OC(=O)c3ccc(S(=O)(=O)N(C)C)cc3)[C@@H](OC(=O)OC(C)(C)C)CN2C(=O)OC(C)(C)C)cc1. The summed E-state index contributed by atoms with van der Waals surface area (Å²) in [5.41, 5.74) is -0.824. The lowest BCUT2D eigenvalue weighted by Crippen LogP contribution is -2.45. The number of benzene rings is 2. The third kappa shape index (κ3) is 9.08. The van der Waals surface area contributed by atoms with Crippen LogP contribution in [0.25, 0.3) is 0 Å². The van der Waals surface area contributed by atoms with Crippen molar-refractivity contribution in [3.05, 3.63) is 59.7 Å². The van der Waals surface area contributed by atoms with E-state index in [0.29, 0.717) is 5.75 Å². The molecule has 0 aromatic heterocycles. The average molecular weight is 635 g/mol. The van der Waals surface area contributed by atoms with Gasteiger partial charge in [-0.1, -0.05) is 12.1 Å². The molecule has 44 heavy (non-hydrogen) atoms. The Balaban J connectivity index is 2.00. The van der Waals surface area contributed by atoms with Crippen LogP contribution in [0.1, 0.15) is 57.5 Å². The summed E-state index contributed by atoms with van der Waals surface area (Å²) in [7, 11) is 0.641. The fourth-order valence-corrected chi connectivity index (χ4v) is 5.34. The molecule has 3 atom stereocenters. The van der Waals surface area contributed by atoms with Gasteiger partial charge in [0.2, 0.25) is 10.0 Å². The maximum atomic E-state index is 13.4. The Morgan fingerprint density at radius 3 is 1.93 bits per heavy atom. The van der Waals surface area contributed by atoms with Gasteiger partial charge < -0.3 is 23.7 Å². The molecule has 1 fully saturated rings. The first kappa shape index (κ1) is 34.6. The number of carbonyl (C=O) groups is 3. The number of sulfonamides is 1. The Bertz CT molecular complexity index is 1430. The lowest BCUT2D eigenvalue weighted by molar-refractivity contribution is -0.0564. The molecule has 0 spiro atoms. The van der Waals surface area contributed by atoms with E-state index in [-0.39, 0.29) is 23.4 Å². The first-order valence-corrected chi connectivity index (χ1v) is 15.5. The summed E-state index contributed by atoms with van der Waals surface area (Å²) in [6, 6.07) is 11.6. The third-order valence-electron chi connectivity index (χ3n) is 6.50. The molecule has 0 saturated carbocycles. The highest BCUT2D eigenvalue weighted by Crippen LogP contribution is 2.31. The van der Waals surface area contributed by atoms with Crippen LogP contribution in [0, 0.1) is 0 Å². The minimum absolute atomic E-state index is 0.000430. The molecule has 1 saturated heterocycles. The molecule has 0 radical (unpaired) electrons. The first-order chi connectivity index (χ1) is 20.3. The summed E-state index contributed by atoms with van der Waals surface area (Å²) in [6.45, 7) is 10.1. The Morgan fingerprint density at radius 1 is 0.864 bits per heavy atom. The van der Waals surface area contributed by atoms with Crippen molar-refractivity contribution in [2.75, 3.05) is 27.7 Å². The molecule has 0 bridgehead atoms. The molecule has 13 heteroatoms. The molecular formula is C31H42N2O10S. The highest BCUT2D eigenvalue weighted by atomic mass is 32.2. The number of methoxy groups -OCH3 is 1. The quantitative estimate of drug-likeness (QED) is 0.298. The van der Waals surface area contributed by atoms with Crippen LogP contribution >= 0.6 is 0 Å². The Morgan fingerprint density at radius 2 is 1.43 bits per heavy atom. The van der Waals surface area contributed by atoms with E-state index in [1.165, 1.54) is 43.3 Å². The van der Waals surface area contributed by atoms with E-state index in [1.807, 2.05) is 12.1 Å². The van der Waals surface area contributed by atoms with Crippen molar-refractivity contribution in [2.45, 2.75) is 82.3 Å². The topological polar surface area (TPSA) is 138 Å². The van der Waals surface area contributed by atoms with Crippen molar-refractivity contribution < 1.29 is 46.5 Å². The lowest BCUT2D eigenvalue weighted by atomic mass is 10.0. The molecule has 2 aromatic rings. The largest absolute Gasteiger partial charge is 0.509 e. The van der Waals surface area contributed by atoms with Crippen molar-refractivity contribution in [1.29, 1.82) is 0 Å². The van der Waals surface area contributed by atoms with E-state index in [2.05, 4.69) is 0 Å². The fourth-order valence-electron chi connectivity index (χ4n) is 4.44. The highest BCUT2D eigenvalue weighted by molar-refractivity contribution is 7.89. The minimum atomic E-state index is -3.72. The van der Waals surface area contributed by atoms with Gasteiger partial charge in [0.05, 0.1) is 30.2 Å². The van der Waals surface area contributed by atoms with Gasteiger partial charge in [-0.05, 0) is 89.9 Å². The van der Waals surface area contributed by atoms with Crippen LogP contribution in [0.15, 0.2) is 53.4 Å². The second-order valence-corrected chi connectivity index (χ2v) is 14.7. The number of carbonyl (C=O) groups excluding carboxylic acids is 3. The number of likely N-dealkylation sites (tertiary alicyclic amines) is 1. The normalized spacial score (nSPS) is 19.0. The summed E-state index contributed by atoms with van der Waals surface area (Å²) in [5, 5.41) is 0. The monoisotopic (exact) mass is 634 g/mol. The Hall–Kier alpha value is -3.84. The van der Waals surface area contributed by atoms with Crippen molar-refractivity contribution in [3.63, 3.8) is 0 Å². The van der Waals surface area contributed by atoms with E-state index in [9.17, 15) is 22.8 Å². The zero-order valence-corrected chi connectivity index (χ0v) is 27.5. The maximum absolute atomic E-state index is 13.4. The van der Waals surface area contributed by atoms with E-state index >= 15 is 0 Å². The van der Waals surface area contributed by atoms with Gasteiger partial charge in [0, 0.05) is 14.1 Å². The summed E-state index contributed by atoms with van der Waals surface area (Å²) in [6.07, 6.45) is -3.68. The Labute approximate surface area is 259 Å². The maximum Gasteiger partial charge on any atom is 0.509 e. The molecule has 12 nitrogen and oxygen atoms in total. The van der Waals surface area contributed by atoms with Gasteiger partial charge in [-0.3, -0.25) is 4.90 Å². The molecule has 0 unspecified atom stereocenters. The molecule has 1 aliphatic rings. The summed E-state index contributed by atoms with van der Waals surface area (Å²) in [5.74, 6) is -0.162. The number of nitrogens with zero attached hydrogens (tertiary/aromatic N) is 2. The zero-order valence-electron chi connectivity index (χ0n) is 26.7. The van der Waals surface area contributed by atoms with Gasteiger partial charge in [0.25, 0.3) is 0 Å². The van der Waals surface area contributed by atoms with Gasteiger partial charge >= 0.3 is 18.2 Å². The number of amides is 1. The second-order valence-electron chi connectivity index (χ2n) is 12.6. The van der Waals surface area contributed by atoms with Crippen molar-refractivity contribution >= 4 is 28.2 Å². The van der Waals surface area contributed by atoms with Crippen LogP contribution in [0.5, 0.6) is 5.75 Å². The first-order valence-electron chi connectivity index (χ1n) is 14.1. The molecule has 242 valence electrons. The van der Waals surface area contributed by atoms with Crippen LogP contribution in [0.3, 0.4) is 0 Å². The molecular weight excluding hydrogens is 592 g/mol. The average Bonchev–Trinajstić information content (AvgIpc) is 3.23. The molecule has 0 N–H and O–H groups in total. The molecule has 0 aliphatic carbocycles. The molecule has 3 rings (SSSR count). The molecule has 1 aliphatic heterocycles. The predicted molar refractivity (Wildman–Crippen MR) is 161 cm³/mol. The number of rotatable bonds is 8. The van der Waals surface area contributed by atoms with Crippen LogP contribution in [-0.4, -0.2) is 93.0 Å². The number of hydrogen-bond acceptors (Lipinski definition) is 10. The highest BCUT2D eigenvalue weighted by Gasteiger charge is 2.50. The summed E-state index contributed by atoms with van der Waals surface area (Å²) in [4.78, 5) is 41.0. The van der Waals surface area contributed by atoms with E-state index < -0.39 is 57.7 Å². The van der Waals surface area contributed by atoms with E-state index in [0.717, 1.165) is 9.87 Å². The van der Waals surface area contributed by atoms with Gasteiger partial charge in [-0.25, -0.2) is 27.1 Å². The Kier molecular flexibility index (Phi) is 10.6. The second kappa shape index (κ2) is 13.4. The van der Waals surface area contributed by atoms with Crippen molar-refractivity contribution in [1.82, 2.24) is 9.21 Å². The number of ether oxygens (including phenoxy) is 5. The molecule has 2 aromatic carbocycles. The number of esters is 1. The van der Waals surface area contributed by atoms with Crippen molar-refractivity contribution in [3.8, 4) is 5.75 Å². The summed E-state index contributed by atoms with van der Waals surface area (Å²) >= 11 is 0. The van der Waals surface area contributed by atoms with Crippen molar-refractivity contribution in [2.24, 2.45) is 0 Å². The molecule has 1 amide bonds. The van der Waals surface area contributed by atoms with Gasteiger partial charge in [-0.2, -0.15) is 0 Å². The van der Waals surface area contributed by atoms with Crippen LogP contribution in [0.2, 0.25) is 0 Å². The molecule has 1 heterocycles.